The number of hydrogen-bond donors (Lipinski definition) is 2. The predicted octanol–water partition coefficient (Wildman–Crippen LogP) is 5.43. The van der Waals surface area contributed by atoms with Gasteiger partial charge in [0.05, 0.1) is 48.5 Å². The fourth-order valence-electron chi connectivity index (χ4n) is 4.78. The van der Waals surface area contributed by atoms with Gasteiger partial charge in [-0.25, -0.2) is 13.2 Å². The molecule has 0 amide bonds. The van der Waals surface area contributed by atoms with Crippen molar-refractivity contribution in [3.63, 3.8) is 0 Å². The van der Waals surface area contributed by atoms with E-state index in [0.717, 1.165) is 21.3 Å². The molecule has 0 radical (unpaired) electrons. The van der Waals surface area contributed by atoms with Crippen LogP contribution in [0.2, 0.25) is 0 Å². The van der Waals surface area contributed by atoms with Crippen LogP contribution in [0.25, 0.3) is 21.8 Å². The molecule has 1 saturated heterocycles. The van der Waals surface area contributed by atoms with E-state index in [9.17, 15) is 23.3 Å². The zero-order valence-corrected chi connectivity index (χ0v) is 34.9. The van der Waals surface area contributed by atoms with Crippen molar-refractivity contribution >= 4 is 95.0 Å². The van der Waals surface area contributed by atoms with Crippen LogP contribution in [0.15, 0.2) is 64.3 Å². The monoisotopic (exact) mass is 913 g/mol. The van der Waals surface area contributed by atoms with Gasteiger partial charge < -0.3 is 57.0 Å². The smallest absolute Gasteiger partial charge is 1.00 e. The Bertz CT molecular complexity index is 1950. The maximum absolute atomic E-state index is 14.2. The van der Waals surface area contributed by atoms with Gasteiger partial charge >= 0.3 is 35.9 Å². The van der Waals surface area contributed by atoms with Gasteiger partial charge in [0.1, 0.15) is 0 Å². The minimum absolute atomic E-state index is 0. The summed E-state index contributed by atoms with van der Waals surface area (Å²) in [6, 6.07) is 8.85. The summed E-state index contributed by atoms with van der Waals surface area (Å²) in [5.41, 5.74) is 0.641. The molecule has 18 heteroatoms. The number of nitro benzene ring substituents is 1. The summed E-state index contributed by atoms with van der Waals surface area (Å²) in [4.78, 5) is 15.7. The molecular formula is C33H34BBr3F3MgN3O7. The van der Waals surface area contributed by atoms with E-state index in [0.29, 0.717) is 21.0 Å². The second-order valence-corrected chi connectivity index (χ2v) is 12.9. The molecule has 3 aromatic carbocycles. The van der Waals surface area contributed by atoms with Gasteiger partial charge in [-0.15, -0.1) is 0 Å². The Labute approximate surface area is 337 Å². The van der Waals surface area contributed by atoms with Crippen molar-refractivity contribution in [1.29, 1.82) is 0 Å². The molecule has 0 saturated carbocycles. The van der Waals surface area contributed by atoms with Crippen LogP contribution in [0, 0.1) is 34.1 Å². The molecule has 0 bridgehead atoms. The summed E-state index contributed by atoms with van der Waals surface area (Å²) >= 11 is 6.22. The number of halogens is 6. The molecule has 1 aliphatic heterocycles. The molecule has 51 heavy (non-hydrogen) atoms. The second-order valence-electron chi connectivity index (χ2n) is 11.2. The maximum atomic E-state index is 14.2. The Morgan fingerprint density at radius 2 is 1.24 bits per heavy atom. The molecule has 10 nitrogen and oxygen atoms in total. The van der Waals surface area contributed by atoms with E-state index in [1.165, 1.54) is 39.5 Å². The molecule has 2 N–H and O–H groups in total. The normalized spacial score (nSPS) is 13.6. The van der Waals surface area contributed by atoms with Gasteiger partial charge in [-0.3, -0.25) is 16.7 Å². The molecule has 0 unspecified atom stereocenters. The number of aromatic amines is 2. The summed E-state index contributed by atoms with van der Waals surface area (Å²) in [5.74, 6) is -1.46. The van der Waals surface area contributed by atoms with Crippen molar-refractivity contribution in [2.24, 2.45) is 0 Å². The molecule has 0 atom stereocenters. The Morgan fingerprint density at radius 3 is 1.71 bits per heavy atom. The molecule has 6 rings (SSSR count). The van der Waals surface area contributed by atoms with E-state index < -0.39 is 40.6 Å². The number of H-pyrrole nitrogens is 2. The van der Waals surface area contributed by atoms with Crippen molar-refractivity contribution in [2.45, 2.75) is 38.9 Å². The van der Waals surface area contributed by atoms with Crippen LogP contribution in [0.3, 0.4) is 0 Å². The third-order valence-electron chi connectivity index (χ3n) is 7.79. The number of aromatic nitrogens is 2. The van der Waals surface area contributed by atoms with E-state index in [2.05, 4.69) is 59.7 Å². The van der Waals surface area contributed by atoms with Gasteiger partial charge in [-0.1, -0.05) is 15.9 Å². The number of methoxy groups -OCH3 is 3. The standard InChI is InChI=1S/C15H19BFNO3.C9H7BrFNO.C7H5BrFNO3.C2H3.BrH.Mg/c1-14(2)15(3,4)21-16(20-14)10-8-11(17)13(19-5)12-9(10)6-7-18-12;1-13-9-7(11)4-6(10)5-2-3-12-8(5)9;1-13-7-5(9)2-4(8)3-6(7)10(11)12;1-2;;/h6-8,18H,1-5H3;2-4,12H,1H3;2-3H,1H3;1H,2H2;1H;/q;;;-1;;+2/p-1. The summed E-state index contributed by atoms with van der Waals surface area (Å²) in [6.45, 7) is 14.9. The van der Waals surface area contributed by atoms with Crippen molar-refractivity contribution < 1.29 is 58.6 Å². The molecular weight excluding hydrogens is 882 g/mol. The van der Waals surface area contributed by atoms with Crippen molar-refractivity contribution in [3.8, 4) is 17.2 Å². The predicted molar refractivity (Wildman–Crippen MR) is 196 cm³/mol. The topological polar surface area (TPSA) is 121 Å². The van der Waals surface area contributed by atoms with Crippen LogP contribution >= 0.6 is 31.9 Å². The van der Waals surface area contributed by atoms with E-state index in [-0.39, 0.29) is 63.1 Å². The molecule has 0 aliphatic carbocycles. The number of nitrogens with one attached hydrogen (secondary N) is 2. The summed E-state index contributed by atoms with van der Waals surface area (Å²) in [7, 11) is 3.48. The van der Waals surface area contributed by atoms with E-state index >= 15 is 0 Å². The fraction of sp³-hybridized carbons (Fsp3) is 0.273. The number of ether oxygens (including phenoxy) is 3. The molecule has 1 fully saturated rings. The molecule has 270 valence electrons. The molecule has 5 aromatic rings. The SMILES string of the molecule is COc1c(F)cc(B2OC(C)(C)C(C)(C)O2)c2cc[nH]c12.COc1c(F)cc(Br)c2cc[nH]c12.COc1c(F)cc(Br)cc1[N+](=O)[O-].[Br-].[CH-]=C.[Mg+2]. The number of nitrogens with zero attached hydrogens (tertiary/aromatic N) is 1. The minimum Gasteiger partial charge on any atom is -1.00 e. The zero-order chi connectivity index (χ0) is 36.8. The second kappa shape index (κ2) is 19.4. The van der Waals surface area contributed by atoms with Crippen LogP contribution in [0.4, 0.5) is 18.9 Å². The van der Waals surface area contributed by atoms with E-state index in [1.54, 1.807) is 12.4 Å². The number of rotatable bonds is 5. The molecule has 0 spiro atoms. The third-order valence-corrected chi connectivity index (χ3v) is 8.90. The summed E-state index contributed by atoms with van der Waals surface area (Å²) < 4.78 is 68.2. The molecule has 1 aliphatic rings. The van der Waals surface area contributed by atoms with Gasteiger partial charge in [-0.05, 0) is 79.4 Å². The fourth-order valence-corrected chi connectivity index (χ4v) is 5.73. The van der Waals surface area contributed by atoms with Gasteiger partial charge in [-0.2, -0.15) is 0 Å². The van der Waals surface area contributed by atoms with Gasteiger partial charge in [0, 0.05) is 38.2 Å². The van der Waals surface area contributed by atoms with Crippen molar-refractivity contribution in [3.05, 3.63) is 98.5 Å². The first-order valence-electron chi connectivity index (χ1n) is 14.3. The summed E-state index contributed by atoms with van der Waals surface area (Å²) in [6.07, 6.45) is 3.50. The average molecular weight is 916 g/mol. The molecule has 3 heterocycles. The number of fused-ring (bicyclic) bond motifs is 2. The van der Waals surface area contributed by atoms with Crippen LogP contribution in [-0.2, 0) is 9.31 Å². The Morgan fingerprint density at radius 1 is 0.804 bits per heavy atom. The first kappa shape index (κ1) is 46.3. The zero-order valence-electron chi connectivity index (χ0n) is 28.8. The Kier molecular flexibility index (Phi) is 17.6. The van der Waals surface area contributed by atoms with Gasteiger partial charge in [0.25, 0.3) is 0 Å². The first-order valence-corrected chi connectivity index (χ1v) is 15.9. The number of hydrogen-bond acceptors (Lipinski definition) is 7. The number of nitro groups is 1. The third kappa shape index (κ3) is 10.0. The summed E-state index contributed by atoms with van der Waals surface area (Å²) in [5, 5.41) is 12.2. The Hall–Kier alpha value is -2.74. The minimum atomic E-state index is -0.761. The van der Waals surface area contributed by atoms with Gasteiger partial charge in [0.15, 0.2) is 29.0 Å². The van der Waals surface area contributed by atoms with Crippen LogP contribution < -0.4 is 36.7 Å². The number of benzene rings is 3. The molecule has 2 aromatic heterocycles. The van der Waals surface area contributed by atoms with Gasteiger partial charge in [0.2, 0.25) is 5.75 Å². The van der Waals surface area contributed by atoms with Crippen molar-refractivity contribution in [1.82, 2.24) is 9.97 Å². The van der Waals surface area contributed by atoms with Crippen LogP contribution in [-0.4, -0.2) is 77.6 Å². The van der Waals surface area contributed by atoms with E-state index in [1.807, 2.05) is 39.8 Å². The quantitative estimate of drug-likeness (QED) is 0.105. The van der Waals surface area contributed by atoms with Crippen LogP contribution in [0.1, 0.15) is 27.7 Å². The average Bonchev–Trinajstić information content (AvgIpc) is 3.77. The largest absolute Gasteiger partial charge is 2.00 e. The van der Waals surface area contributed by atoms with E-state index in [4.69, 9.17) is 18.8 Å². The maximum Gasteiger partial charge on any atom is 2.00 e. The van der Waals surface area contributed by atoms with Crippen molar-refractivity contribution in [2.75, 3.05) is 21.3 Å². The first-order chi connectivity index (χ1) is 23.1. The van der Waals surface area contributed by atoms with Crippen LogP contribution in [0.5, 0.6) is 17.2 Å². The Balaban J connectivity index is 0.000000382.